The highest BCUT2D eigenvalue weighted by Gasteiger charge is 2.37. The van der Waals surface area contributed by atoms with Gasteiger partial charge in [-0.05, 0) is 49.4 Å². The fraction of sp³-hybridized carbons (Fsp3) is 0.857. The van der Waals surface area contributed by atoms with Crippen molar-refractivity contribution in [1.82, 2.24) is 0 Å². The van der Waals surface area contributed by atoms with Gasteiger partial charge in [0.05, 0.1) is 0 Å². The molecule has 0 aromatic rings. The van der Waals surface area contributed by atoms with E-state index >= 15 is 0 Å². The van der Waals surface area contributed by atoms with E-state index in [4.69, 9.17) is 0 Å². The van der Waals surface area contributed by atoms with Crippen LogP contribution in [0.5, 0.6) is 0 Å². The molecule has 3 aliphatic rings. The summed E-state index contributed by atoms with van der Waals surface area (Å²) in [5.74, 6) is 4.12. The van der Waals surface area contributed by atoms with Crippen LogP contribution < -0.4 is 0 Å². The van der Waals surface area contributed by atoms with E-state index in [-0.39, 0.29) is 0 Å². The zero-order chi connectivity index (χ0) is 9.38. The molecule has 0 aliphatic heterocycles. The van der Waals surface area contributed by atoms with Gasteiger partial charge in [-0.1, -0.05) is 37.8 Å². The fourth-order valence-electron chi connectivity index (χ4n) is 4.20. The molecule has 0 nitrogen and oxygen atoms in total. The Balaban J connectivity index is 1.82. The van der Waals surface area contributed by atoms with Crippen LogP contribution in [0.1, 0.15) is 51.4 Å². The van der Waals surface area contributed by atoms with Crippen molar-refractivity contribution in [2.24, 2.45) is 23.7 Å². The van der Waals surface area contributed by atoms with Crippen molar-refractivity contribution in [3.63, 3.8) is 0 Å². The molecule has 0 radical (unpaired) electrons. The van der Waals surface area contributed by atoms with Gasteiger partial charge in [-0.2, -0.15) is 0 Å². The Kier molecular flexibility index (Phi) is 2.39. The average Bonchev–Trinajstić information content (AvgIpc) is 2.29. The second-order valence-corrected chi connectivity index (χ2v) is 5.61. The minimum Gasteiger partial charge on any atom is -0.0848 e. The number of hydrogen-bond acceptors (Lipinski definition) is 0. The summed E-state index contributed by atoms with van der Waals surface area (Å²) >= 11 is 0. The van der Waals surface area contributed by atoms with Crippen LogP contribution in [-0.2, 0) is 0 Å². The topological polar surface area (TPSA) is 0 Å². The Morgan fingerprint density at radius 2 is 1.00 bits per heavy atom. The Hall–Kier alpha value is -0.260. The number of fused-ring (bicyclic) bond motifs is 3. The van der Waals surface area contributed by atoms with E-state index in [9.17, 15) is 0 Å². The molecule has 0 unspecified atom stereocenters. The molecule has 4 atom stereocenters. The average molecular weight is 190 g/mol. The van der Waals surface area contributed by atoms with Crippen molar-refractivity contribution >= 4 is 0 Å². The summed E-state index contributed by atoms with van der Waals surface area (Å²) in [6.07, 6.45) is 17.2. The van der Waals surface area contributed by atoms with E-state index in [1.165, 1.54) is 51.4 Å². The van der Waals surface area contributed by atoms with Crippen molar-refractivity contribution in [3.05, 3.63) is 12.2 Å². The molecule has 2 fully saturated rings. The molecule has 2 saturated carbocycles. The minimum atomic E-state index is 0.975. The molecule has 0 N–H and O–H groups in total. The molecule has 0 aromatic carbocycles. The normalized spacial score (nSPS) is 46.9. The van der Waals surface area contributed by atoms with E-state index < -0.39 is 0 Å². The minimum absolute atomic E-state index is 0.975. The molecule has 0 saturated heterocycles. The van der Waals surface area contributed by atoms with Crippen molar-refractivity contribution in [2.45, 2.75) is 51.4 Å². The van der Waals surface area contributed by atoms with Crippen LogP contribution in [0.2, 0.25) is 0 Å². The maximum absolute atomic E-state index is 2.58. The van der Waals surface area contributed by atoms with E-state index in [1.807, 2.05) is 0 Å². The molecule has 14 heavy (non-hydrogen) atoms. The van der Waals surface area contributed by atoms with Crippen LogP contribution in [0, 0.1) is 23.7 Å². The van der Waals surface area contributed by atoms with Crippen LogP contribution in [0.4, 0.5) is 0 Å². The van der Waals surface area contributed by atoms with Gasteiger partial charge in [-0.3, -0.25) is 0 Å². The quantitative estimate of drug-likeness (QED) is 0.503. The Bertz CT molecular complexity index is 204. The highest BCUT2D eigenvalue weighted by atomic mass is 14.4. The first-order valence-corrected chi connectivity index (χ1v) is 6.63. The van der Waals surface area contributed by atoms with Crippen molar-refractivity contribution in [1.29, 1.82) is 0 Å². The van der Waals surface area contributed by atoms with Crippen molar-refractivity contribution < 1.29 is 0 Å². The van der Waals surface area contributed by atoms with E-state index in [0.717, 1.165) is 23.7 Å². The molecule has 0 heterocycles. The smallest absolute Gasteiger partial charge is 0.0202 e. The zero-order valence-corrected chi connectivity index (χ0v) is 9.12. The summed E-state index contributed by atoms with van der Waals surface area (Å²) in [5.41, 5.74) is 0. The number of allylic oxidation sites excluding steroid dienone is 2. The Morgan fingerprint density at radius 3 is 1.50 bits per heavy atom. The maximum atomic E-state index is 2.58. The van der Waals surface area contributed by atoms with Gasteiger partial charge in [0.2, 0.25) is 0 Å². The van der Waals surface area contributed by atoms with Gasteiger partial charge in [-0.25, -0.2) is 0 Å². The van der Waals surface area contributed by atoms with Gasteiger partial charge >= 0.3 is 0 Å². The molecule has 3 rings (SSSR count). The summed E-state index contributed by atoms with van der Waals surface area (Å²) in [7, 11) is 0. The Morgan fingerprint density at radius 1 is 0.571 bits per heavy atom. The van der Waals surface area contributed by atoms with Crippen LogP contribution in [0.25, 0.3) is 0 Å². The fourth-order valence-corrected chi connectivity index (χ4v) is 4.20. The summed E-state index contributed by atoms with van der Waals surface area (Å²) in [6.45, 7) is 0. The van der Waals surface area contributed by atoms with Crippen molar-refractivity contribution in [2.75, 3.05) is 0 Å². The van der Waals surface area contributed by atoms with Gasteiger partial charge in [-0.15, -0.1) is 0 Å². The maximum Gasteiger partial charge on any atom is -0.0202 e. The first-order valence-electron chi connectivity index (χ1n) is 6.63. The highest BCUT2D eigenvalue weighted by molar-refractivity contribution is 5.07. The van der Waals surface area contributed by atoms with E-state index in [2.05, 4.69) is 12.2 Å². The third kappa shape index (κ3) is 1.43. The first kappa shape index (κ1) is 9.00. The SMILES string of the molecule is C1=C[C@H]2CCCC[C@H]2[C@@H]2CCCC[C@@H]12. The molecular formula is C14H22. The number of hydrogen-bond donors (Lipinski definition) is 0. The van der Waals surface area contributed by atoms with Gasteiger partial charge in [0.1, 0.15) is 0 Å². The summed E-state index contributed by atoms with van der Waals surface area (Å²) in [4.78, 5) is 0. The second-order valence-electron chi connectivity index (χ2n) is 5.61. The monoisotopic (exact) mass is 190 g/mol. The Labute approximate surface area is 87.8 Å². The van der Waals surface area contributed by atoms with Crippen LogP contribution in [-0.4, -0.2) is 0 Å². The van der Waals surface area contributed by atoms with E-state index in [1.54, 1.807) is 0 Å². The second kappa shape index (κ2) is 3.72. The molecule has 3 aliphatic carbocycles. The summed E-state index contributed by atoms with van der Waals surface area (Å²) in [6, 6.07) is 0. The third-order valence-corrected chi connectivity index (χ3v) is 4.91. The van der Waals surface area contributed by atoms with Crippen LogP contribution in [0.3, 0.4) is 0 Å². The largest absolute Gasteiger partial charge is 0.0848 e. The lowest BCUT2D eigenvalue weighted by Crippen LogP contribution is -2.35. The lowest BCUT2D eigenvalue weighted by molar-refractivity contribution is 0.108. The lowest BCUT2D eigenvalue weighted by Gasteiger charge is -2.44. The van der Waals surface area contributed by atoms with Gasteiger partial charge < -0.3 is 0 Å². The predicted molar refractivity (Wildman–Crippen MR) is 60.0 cm³/mol. The van der Waals surface area contributed by atoms with Gasteiger partial charge in [0, 0.05) is 0 Å². The molecule has 0 spiro atoms. The zero-order valence-electron chi connectivity index (χ0n) is 9.12. The summed E-state index contributed by atoms with van der Waals surface area (Å²) < 4.78 is 0. The highest BCUT2D eigenvalue weighted by Crippen LogP contribution is 2.48. The molecule has 0 aromatic heterocycles. The van der Waals surface area contributed by atoms with E-state index in [0.29, 0.717) is 0 Å². The molecule has 0 heteroatoms. The lowest BCUT2D eigenvalue weighted by atomic mass is 9.61. The van der Waals surface area contributed by atoms with Gasteiger partial charge in [0.15, 0.2) is 0 Å². The van der Waals surface area contributed by atoms with Crippen LogP contribution >= 0.6 is 0 Å². The predicted octanol–water partition coefficient (Wildman–Crippen LogP) is 4.17. The standard InChI is InChI=1S/C14H22/c1-3-7-13-11(5-1)9-10-12-6-2-4-8-14(12)13/h9-14H,1-8H2/t11-,12+,13-,14-/m1/s1. The molecule has 0 bridgehead atoms. The number of rotatable bonds is 0. The molecular weight excluding hydrogens is 168 g/mol. The molecule has 0 amide bonds. The van der Waals surface area contributed by atoms with Crippen LogP contribution in [0.15, 0.2) is 12.2 Å². The third-order valence-electron chi connectivity index (χ3n) is 4.91. The molecule has 78 valence electrons. The summed E-state index contributed by atoms with van der Waals surface area (Å²) in [5, 5.41) is 0. The van der Waals surface area contributed by atoms with Gasteiger partial charge in [0.25, 0.3) is 0 Å². The van der Waals surface area contributed by atoms with Crippen molar-refractivity contribution in [3.8, 4) is 0 Å². The first-order chi connectivity index (χ1) is 6.95.